The van der Waals surface area contributed by atoms with E-state index in [0.29, 0.717) is 18.6 Å². The van der Waals surface area contributed by atoms with Crippen molar-refractivity contribution in [1.82, 2.24) is 4.90 Å². The molecule has 202 valence electrons. The molecule has 5 nitrogen and oxygen atoms in total. The fraction of sp³-hybridized carbons (Fsp3) is 0.931. The minimum Gasteiger partial charge on any atom is -0.469 e. The normalized spacial score (nSPS) is 11.3. The Balaban J connectivity index is 3.45. The van der Waals surface area contributed by atoms with E-state index in [0.717, 1.165) is 45.3 Å². The second kappa shape index (κ2) is 26.7. The van der Waals surface area contributed by atoms with Gasteiger partial charge in [0, 0.05) is 25.8 Å². The number of aliphatic hydroxyl groups excluding tert-OH is 1. The maximum absolute atomic E-state index is 11.3. The number of aliphatic hydroxyl groups is 1. The van der Waals surface area contributed by atoms with Gasteiger partial charge in [0.25, 0.3) is 0 Å². The summed E-state index contributed by atoms with van der Waals surface area (Å²) < 4.78 is 4.66. The van der Waals surface area contributed by atoms with Crippen molar-refractivity contribution in [2.45, 2.75) is 142 Å². The molecule has 0 spiro atoms. The van der Waals surface area contributed by atoms with E-state index < -0.39 is 0 Å². The topological polar surface area (TPSA) is 66.8 Å². The number of unbranched alkanes of at least 4 members (excludes halogenated alkanes) is 16. The molecule has 0 atom stereocenters. The number of ether oxygens (including phenoxy) is 1. The quantitative estimate of drug-likeness (QED) is 0.0985. The number of rotatable bonds is 27. The van der Waals surface area contributed by atoms with Crippen LogP contribution in [0.5, 0.6) is 0 Å². The average molecular weight is 484 g/mol. The first-order valence-corrected chi connectivity index (χ1v) is 14.6. The van der Waals surface area contributed by atoms with E-state index in [1.54, 1.807) is 0 Å². The fourth-order valence-electron chi connectivity index (χ4n) is 4.49. The first-order valence-electron chi connectivity index (χ1n) is 14.6. The van der Waals surface area contributed by atoms with Crippen LogP contribution in [0.3, 0.4) is 0 Å². The molecule has 34 heavy (non-hydrogen) atoms. The van der Waals surface area contributed by atoms with E-state index in [2.05, 4.69) is 9.64 Å². The summed E-state index contributed by atoms with van der Waals surface area (Å²) in [6.45, 7) is 5.27. The molecular weight excluding hydrogens is 426 g/mol. The number of carbonyl (C=O) groups is 2. The van der Waals surface area contributed by atoms with Crippen molar-refractivity contribution >= 4 is 11.8 Å². The second-order valence-electron chi connectivity index (χ2n) is 9.90. The van der Waals surface area contributed by atoms with E-state index in [1.807, 2.05) is 6.92 Å². The summed E-state index contributed by atoms with van der Waals surface area (Å²) in [6, 6.07) is 0. The van der Waals surface area contributed by atoms with Gasteiger partial charge < -0.3 is 14.7 Å². The van der Waals surface area contributed by atoms with Gasteiger partial charge in [-0.25, -0.2) is 0 Å². The van der Waals surface area contributed by atoms with Gasteiger partial charge in [-0.3, -0.25) is 9.59 Å². The van der Waals surface area contributed by atoms with Crippen molar-refractivity contribution in [1.29, 1.82) is 0 Å². The van der Waals surface area contributed by atoms with Crippen LogP contribution in [0.15, 0.2) is 0 Å². The van der Waals surface area contributed by atoms with Crippen LogP contribution in [0.4, 0.5) is 0 Å². The number of Topliss-reactive ketones (excluding diaryl/α,β-unsaturated/α-hetero) is 1. The number of ketones is 1. The minimum atomic E-state index is -0.0877. The Morgan fingerprint density at radius 3 is 1.35 bits per heavy atom. The highest BCUT2D eigenvalue weighted by molar-refractivity contribution is 5.77. The third-order valence-corrected chi connectivity index (χ3v) is 6.82. The summed E-state index contributed by atoms with van der Waals surface area (Å²) in [5.74, 6) is 0.322. The summed E-state index contributed by atoms with van der Waals surface area (Å²) in [6.07, 6.45) is 24.5. The molecule has 0 bridgehead atoms. The van der Waals surface area contributed by atoms with E-state index in [1.165, 1.54) is 103 Å². The number of carbonyl (C=O) groups excluding carboxylic acids is 2. The SMILES string of the molecule is CCC(=O)CCCCCCCCCCCN(CCO)CCCCCCCCCCCC(=O)OC. The largest absolute Gasteiger partial charge is 0.469 e. The molecule has 0 aliphatic carbocycles. The van der Waals surface area contributed by atoms with Gasteiger partial charge in [0.15, 0.2) is 0 Å². The van der Waals surface area contributed by atoms with Crippen LogP contribution in [0.25, 0.3) is 0 Å². The lowest BCUT2D eigenvalue weighted by atomic mass is 10.0. The summed E-state index contributed by atoms with van der Waals surface area (Å²) in [5.41, 5.74) is 0. The van der Waals surface area contributed by atoms with Crippen LogP contribution in [-0.4, -0.2) is 55.1 Å². The van der Waals surface area contributed by atoms with Gasteiger partial charge >= 0.3 is 5.97 Å². The molecule has 0 radical (unpaired) electrons. The van der Waals surface area contributed by atoms with E-state index in [4.69, 9.17) is 0 Å². The van der Waals surface area contributed by atoms with Gasteiger partial charge in [-0.1, -0.05) is 96.8 Å². The molecule has 0 amide bonds. The molecule has 0 aliphatic heterocycles. The van der Waals surface area contributed by atoms with Gasteiger partial charge in [0.2, 0.25) is 0 Å². The van der Waals surface area contributed by atoms with Crippen molar-refractivity contribution in [3.63, 3.8) is 0 Å². The number of methoxy groups -OCH3 is 1. The highest BCUT2D eigenvalue weighted by Crippen LogP contribution is 2.13. The van der Waals surface area contributed by atoms with Gasteiger partial charge in [-0.05, 0) is 38.8 Å². The molecule has 0 aromatic carbocycles. The molecule has 0 fully saturated rings. The van der Waals surface area contributed by atoms with E-state index in [9.17, 15) is 14.7 Å². The predicted octanol–water partition coefficient (Wildman–Crippen LogP) is 7.23. The molecule has 0 rings (SSSR count). The zero-order valence-electron chi connectivity index (χ0n) is 22.8. The molecular formula is C29H57NO4. The monoisotopic (exact) mass is 483 g/mol. The van der Waals surface area contributed by atoms with Gasteiger partial charge in [-0.15, -0.1) is 0 Å². The Bertz CT molecular complexity index is 417. The highest BCUT2D eigenvalue weighted by atomic mass is 16.5. The van der Waals surface area contributed by atoms with Crippen molar-refractivity contribution in [3.05, 3.63) is 0 Å². The zero-order valence-corrected chi connectivity index (χ0v) is 22.8. The number of hydrogen-bond donors (Lipinski definition) is 1. The lowest BCUT2D eigenvalue weighted by Crippen LogP contribution is -2.29. The predicted molar refractivity (Wildman–Crippen MR) is 143 cm³/mol. The zero-order chi connectivity index (χ0) is 25.1. The average Bonchev–Trinajstić information content (AvgIpc) is 2.85. The maximum atomic E-state index is 11.3. The van der Waals surface area contributed by atoms with Crippen LogP contribution in [0.1, 0.15) is 142 Å². The van der Waals surface area contributed by atoms with Crippen molar-refractivity contribution in [3.8, 4) is 0 Å². The van der Waals surface area contributed by atoms with Gasteiger partial charge in [0.05, 0.1) is 13.7 Å². The highest BCUT2D eigenvalue weighted by Gasteiger charge is 2.04. The molecule has 0 saturated carbocycles. The first kappa shape index (κ1) is 33.1. The Kier molecular flexibility index (Phi) is 25.9. The Hall–Kier alpha value is -0.940. The maximum Gasteiger partial charge on any atom is 0.305 e. The number of hydrogen-bond acceptors (Lipinski definition) is 5. The van der Waals surface area contributed by atoms with E-state index >= 15 is 0 Å². The summed E-state index contributed by atoms with van der Waals surface area (Å²) in [7, 11) is 1.46. The molecule has 0 aliphatic rings. The van der Waals surface area contributed by atoms with E-state index in [-0.39, 0.29) is 12.6 Å². The molecule has 0 heterocycles. The van der Waals surface area contributed by atoms with Crippen LogP contribution in [0, 0.1) is 0 Å². The summed E-state index contributed by atoms with van der Waals surface area (Å²) in [5, 5.41) is 9.36. The van der Waals surface area contributed by atoms with Gasteiger partial charge in [0.1, 0.15) is 5.78 Å². The number of nitrogens with zero attached hydrogens (tertiary/aromatic N) is 1. The third-order valence-electron chi connectivity index (χ3n) is 6.82. The summed E-state index contributed by atoms with van der Waals surface area (Å²) >= 11 is 0. The van der Waals surface area contributed by atoms with Crippen LogP contribution >= 0.6 is 0 Å². The minimum absolute atomic E-state index is 0.0877. The Morgan fingerprint density at radius 1 is 0.588 bits per heavy atom. The Morgan fingerprint density at radius 2 is 0.971 bits per heavy atom. The smallest absolute Gasteiger partial charge is 0.305 e. The standard InChI is InChI=1S/C29H57NO4/c1-3-28(32)22-18-14-10-6-4-8-12-16-20-24-30(26-27-31)25-21-17-13-9-5-7-11-15-19-23-29(33)34-2/h31H,3-27H2,1-2H3. The fourth-order valence-corrected chi connectivity index (χ4v) is 4.49. The molecule has 0 unspecified atom stereocenters. The second-order valence-corrected chi connectivity index (χ2v) is 9.90. The van der Waals surface area contributed by atoms with Gasteiger partial charge in [-0.2, -0.15) is 0 Å². The van der Waals surface area contributed by atoms with Crippen LogP contribution < -0.4 is 0 Å². The van der Waals surface area contributed by atoms with Crippen molar-refractivity contribution in [2.75, 3.05) is 33.4 Å². The molecule has 0 saturated heterocycles. The Labute approximate surface area is 211 Å². The van der Waals surface area contributed by atoms with Crippen molar-refractivity contribution < 1.29 is 19.4 Å². The number of esters is 1. The molecule has 1 N–H and O–H groups in total. The molecule has 0 aromatic heterocycles. The summed E-state index contributed by atoms with van der Waals surface area (Å²) in [4.78, 5) is 24.8. The van der Waals surface area contributed by atoms with Crippen LogP contribution in [0.2, 0.25) is 0 Å². The lowest BCUT2D eigenvalue weighted by molar-refractivity contribution is -0.140. The molecule has 5 heteroatoms. The van der Waals surface area contributed by atoms with Crippen LogP contribution in [-0.2, 0) is 14.3 Å². The van der Waals surface area contributed by atoms with Crippen molar-refractivity contribution in [2.24, 2.45) is 0 Å². The first-order chi connectivity index (χ1) is 16.6. The molecule has 0 aromatic rings. The lowest BCUT2D eigenvalue weighted by Gasteiger charge is -2.21. The third kappa shape index (κ3) is 24.2.